The van der Waals surface area contributed by atoms with Crippen molar-refractivity contribution in [2.24, 2.45) is 11.5 Å². The molecule has 0 unspecified atom stereocenters. The van der Waals surface area contributed by atoms with Gasteiger partial charge >= 0.3 is 30.0 Å². The van der Waals surface area contributed by atoms with E-state index in [9.17, 15) is 0 Å². The molecule has 0 atom stereocenters. The summed E-state index contributed by atoms with van der Waals surface area (Å²) >= 11 is -2.02. The van der Waals surface area contributed by atoms with Crippen LogP contribution in [0.3, 0.4) is 0 Å². The van der Waals surface area contributed by atoms with E-state index >= 15 is 0 Å². The van der Waals surface area contributed by atoms with Crippen LogP contribution in [0.4, 0.5) is 0 Å². The monoisotopic (exact) mass is 345 g/mol. The molecule has 0 spiro atoms. The van der Waals surface area contributed by atoms with Crippen molar-refractivity contribution in [3.05, 3.63) is 0 Å². The Morgan fingerprint density at radius 2 is 1.30 bits per heavy atom. The quantitative estimate of drug-likeness (QED) is 0.428. The Morgan fingerprint density at radius 1 is 1.30 bits per heavy atom. The Morgan fingerprint density at radius 3 is 1.30 bits per heavy atom. The first-order chi connectivity index (χ1) is 3.73. The molecule has 9 heteroatoms. The summed E-state index contributed by atoms with van der Waals surface area (Å²) in [4.78, 5) is 0. The van der Waals surface area contributed by atoms with E-state index < -0.39 is 15.8 Å². The van der Waals surface area contributed by atoms with Crippen LogP contribution in [-0.4, -0.2) is 5.11 Å². The van der Waals surface area contributed by atoms with Crippen molar-refractivity contribution in [2.75, 3.05) is 0 Å². The number of hydrogen-bond donors (Lipinski definition) is 3. The Hall–Kier alpha value is -0.328. The predicted octanol–water partition coefficient (Wildman–Crippen LogP) is -1.98. The van der Waals surface area contributed by atoms with Crippen LogP contribution in [0, 0.1) is 0 Å². The number of thiocarbonyl (C=S) groups is 1. The van der Waals surface area contributed by atoms with Gasteiger partial charge in [0.25, 0.3) is 0 Å². The van der Waals surface area contributed by atoms with Crippen molar-refractivity contribution in [3.8, 4) is 0 Å². The standard InChI is InChI=1S/CH4N2S.H3N.4O.Re/c2-1(3)4;;;;;;/h(H4,2,3,4);1H3;;;;;/q;;;;;-1;/p+1. The number of rotatable bonds is 0. The molecule has 0 rings (SSSR count). The van der Waals surface area contributed by atoms with Gasteiger partial charge in [0, 0.05) is 0 Å². The molecule has 64 valence electrons. The van der Waals surface area contributed by atoms with Crippen molar-refractivity contribution >= 4 is 17.3 Å². The fourth-order valence-corrected chi connectivity index (χ4v) is 0. The second-order valence-corrected chi connectivity index (χ2v) is 3.97. The van der Waals surface area contributed by atoms with Gasteiger partial charge in [-0.2, -0.15) is 0 Å². The molecule has 0 heterocycles. The normalized spacial score (nSPS) is 8.10. The molecule has 0 aliphatic carbocycles. The van der Waals surface area contributed by atoms with Crippen molar-refractivity contribution in [1.29, 1.82) is 0 Å². The zero-order chi connectivity index (χ0) is 8.08. The van der Waals surface area contributed by atoms with E-state index in [-0.39, 0.29) is 11.3 Å². The molecule has 0 aromatic carbocycles. The summed E-state index contributed by atoms with van der Waals surface area (Å²) in [6.07, 6.45) is 0. The van der Waals surface area contributed by atoms with Crippen LogP contribution >= 0.6 is 12.2 Å². The van der Waals surface area contributed by atoms with E-state index in [1.54, 1.807) is 0 Å². The molecule has 0 aliphatic heterocycles. The van der Waals surface area contributed by atoms with Crippen LogP contribution in [0.2, 0.25) is 0 Å². The third-order valence-electron chi connectivity index (χ3n) is 0. The van der Waals surface area contributed by atoms with Crippen LogP contribution < -0.4 is 21.4 Å². The van der Waals surface area contributed by atoms with Crippen LogP contribution in [0.15, 0.2) is 0 Å². The average Bonchev–Trinajstić information content (AvgIpc) is 1.19. The molecule has 0 aromatic heterocycles. The van der Waals surface area contributed by atoms with Gasteiger partial charge in [-0.15, -0.1) is 0 Å². The third kappa shape index (κ3) is 3180. The Balaban J connectivity index is -0.0000000910. The van der Waals surface area contributed by atoms with Crippen LogP contribution in [-0.2, 0) is 26.2 Å². The minimum absolute atomic E-state index is 0. The van der Waals surface area contributed by atoms with Crippen molar-refractivity contribution < 1.29 is 30.0 Å². The molecule has 0 saturated carbocycles. The summed E-state index contributed by atoms with van der Waals surface area (Å²) in [5.41, 5.74) is 9.24. The average molecular weight is 344 g/mol. The summed E-state index contributed by atoms with van der Waals surface area (Å²) < 4.78 is 34.6. The molecule has 0 amide bonds. The second kappa shape index (κ2) is 6.79. The van der Waals surface area contributed by atoms with Gasteiger partial charge in [-0.05, 0) is 12.2 Å². The Bertz CT molecular complexity index is 206. The van der Waals surface area contributed by atoms with E-state index in [4.69, 9.17) is 14.2 Å². The predicted molar refractivity (Wildman–Crippen MR) is 29.0 cm³/mol. The maximum atomic E-state index is 8.64. The van der Waals surface area contributed by atoms with E-state index in [2.05, 4.69) is 23.7 Å². The molecule has 0 aliphatic rings. The second-order valence-electron chi connectivity index (χ2n) is 0.780. The molecule has 10 heavy (non-hydrogen) atoms. The molecule has 8 N–H and O–H groups in total. The van der Waals surface area contributed by atoms with Crippen LogP contribution in [0.5, 0.6) is 0 Å². The maximum absolute atomic E-state index is 8.64. The minimum atomic E-state index is -6.11. The van der Waals surface area contributed by atoms with Crippen molar-refractivity contribution in [2.45, 2.75) is 0 Å². The fourth-order valence-electron chi connectivity index (χ4n) is 0. The summed E-state index contributed by atoms with van der Waals surface area (Å²) in [6.45, 7) is 0. The van der Waals surface area contributed by atoms with E-state index in [1.165, 1.54) is 0 Å². The topological polar surface area (TPSA) is 163 Å². The SMILES string of the molecule is NC(N)=S.[NH4+].[O]=[Re](=[O])(=[O])[O-]. The number of quaternary nitrogens is 1. The summed E-state index contributed by atoms with van der Waals surface area (Å²) in [7, 11) is 0. The summed E-state index contributed by atoms with van der Waals surface area (Å²) in [5.74, 6) is 0. The first kappa shape index (κ1) is 16.3. The number of nitrogens with two attached hydrogens (primary N) is 2. The van der Waals surface area contributed by atoms with Gasteiger partial charge in [-0.3, -0.25) is 0 Å². The molecule has 0 aromatic rings. The van der Waals surface area contributed by atoms with Crippen LogP contribution in [0.25, 0.3) is 0 Å². The van der Waals surface area contributed by atoms with Gasteiger partial charge in [0.05, 0.1) is 0 Å². The molecule has 0 radical (unpaired) electrons. The molecule has 0 fully saturated rings. The number of hydrogen-bond acceptors (Lipinski definition) is 5. The zero-order valence-electron chi connectivity index (χ0n) is 5.07. The zero-order valence-corrected chi connectivity index (χ0v) is 8.61. The van der Waals surface area contributed by atoms with Gasteiger partial charge < -0.3 is 17.6 Å². The van der Waals surface area contributed by atoms with Crippen molar-refractivity contribution in [1.82, 2.24) is 6.15 Å². The Kier molecular flexibility index (Phi) is 11.1. The van der Waals surface area contributed by atoms with Gasteiger partial charge in [0.2, 0.25) is 0 Å². The molecule has 0 saturated heterocycles. The van der Waals surface area contributed by atoms with Gasteiger partial charge in [0.1, 0.15) is 0 Å². The molecular weight excluding hydrogens is 336 g/mol. The van der Waals surface area contributed by atoms with Gasteiger partial charge in [0.15, 0.2) is 5.11 Å². The van der Waals surface area contributed by atoms with E-state index in [0.29, 0.717) is 0 Å². The first-order valence-electron chi connectivity index (χ1n) is 1.40. The van der Waals surface area contributed by atoms with E-state index in [1.807, 2.05) is 0 Å². The molecular formula is CH8N3O4ReS. The van der Waals surface area contributed by atoms with Gasteiger partial charge in [-0.25, -0.2) is 0 Å². The first-order valence-corrected chi connectivity index (χ1v) is 6.24. The third-order valence-corrected chi connectivity index (χ3v) is 0. The molecule has 7 nitrogen and oxygen atoms in total. The van der Waals surface area contributed by atoms with Crippen LogP contribution in [0.1, 0.15) is 0 Å². The van der Waals surface area contributed by atoms with Gasteiger partial charge in [-0.1, -0.05) is 0 Å². The fraction of sp³-hybridized carbons (Fsp3) is 0. The summed E-state index contributed by atoms with van der Waals surface area (Å²) in [5, 5.41) is 0.000000000000000222. The summed E-state index contributed by atoms with van der Waals surface area (Å²) in [6, 6.07) is 0. The van der Waals surface area contributed by atoms with Crippen molar-refractivity contribution in [3.63, 3.8) is 0 Å². The molecule has 0 bridgehead atoms. The Labute approximate surface area is 65.3 Å². The van der Waals surface area contributed by atoms with E-state index in [0.717, 1.165) is 0 Å².